The van der Waals surface area contributed by atoms with Crippen LogP contribution in [0.4, 0.5) is 0 Å². The van der Waals surface area contributed by atoms with Crippen molar-refractivity contribution in [2.24, 2.45) is 5.92 Å². The summed E-state index contributed by atoms with van der Waals surface area (Å²) in [7, 11) is 2.16. The summed E-state index contributed by atoms with van der Waals surface area (Å²) in [6.07, 6.45) is 3.76. The maximum atomic E-state index is 12.5. The van der Waals surface area contributed by atoms with Crippen LogP contribution >= 0.6 is 15.9 Å². The van der Waals surface area contributed by atoms with Gasteiger partial charge < -0.3 is 14.5 Å². The van der Waals surface area contributed by atoms with Crippen LogP contribution in [0, 0.1) is 5.92 Å². The van der Waals surface area contributed by atoms with Crippen LogP contribution in [-0.2, 0) is 4.79 Å². The molecule has 0 spiro atoms. The lowest BCUT2D eigenvalue weighted by Crippen LogP contribution is -2.48. The Hall–Kier alpha value is -1.07. The van der Waals surface area contributed by atoms with E-state index in [1.807, 2.05) is 24.3 Å². The van der Waals surface area contributed by atoms with Gasteiger partial charge in [0.25, 0.3) is 0 Å². The number of rotatable bonds is 5. The first-order valence-electron chi connectivity index (χ1n) is 8.50. The van der Waals surface area contributed by atoms with Crippen molar-refractivity contribution in [1.82, 2.24) is 9.80 Å². The van der Waals surface area contributed by atoms with Crippen LogP contribution in [-0.4, -0.2) is 55.0 Å². The summed E-state index contributed by atoms with van der Waals surface area (Å²) in [5.41, 5.74) is 0. The van der Waals surface area contributed by atoms with Crippen LogP contribution in [0.1, 0.15) is 25.7 Å². The molecule has 0 aromatic heterocycles. The Balaban J connectivity index is 1.44. The van der Waals surface area contributed by atoms with Gasteiger partial charge in [0.15, 0.2) is 0 Å². The van der Waals surface area contributed by atoms with Gasteiger partial charge in [0.2, 0.25) is 5.91 Å². The number of hydrogen-bond acceptors (Lipinski definition) is 3. The molecule has 0 N–H and O–H groups in total. The zero-order valence-electron chi connectivity index (χ0n) is 13.7. The highest BCUT2D eigenvalue weighted by Gasteiger charge is 2.39. The minimum Gasteiger partial charge on any atom is -0.492 e. The molecule has 2 heterocycles. The first kappa shape index (κ1) is 16.8. The maximum absolute atomic E-state index is 12.5. The molecule has 126 valence electrons. The summed E-state index contributed by atoms with van der Waals surface area (Å²) in [5, 5.41) is 0. The van der Waals surface area contributed by atoms with Gasteiger partial charge in [0, 0.05) is 25.6 Å². The maximum Gasteiger partial charge on any atom is 0.222 e. The van der Waals surface area contributed by atoms with Crippen molar-refractivity contribution < 1.29 is 9.53 Å². The summed E-state index contributed by atoms with van der Waals surface area (Å²) < 4.78 is 6.71. The van der Waals surface area contributed by atoms with E-state index in [-0.39, 0.29) is 0 Å². The highest BCUT2D eigenvalue weighted by Crippen LogP contribution is 2.31. The monoisotopic (exact) mass is 380 g/mol. The van der Waals surface area contributed by atoms with Crippen LogP contribution < -0.4 is 4.74 Å². The Morgan fingerprint density at radius 2 is 2.09 bits per heavy atom. The molecule has 2 aliphatic heterocycles. The van der Waals surface area contributed by atoms with Crippen LogP contribution in [0.2, 0.25) is 0 Å². The van der Waals surface area contributed by atoms with Gasteiger partial charge in [-0.25, -0.2) is 0 Å². The van der Waals surface area contributed by atoms with E-state index < -0.39 is 0 Å². The van der Waals surface area contributed by atoms with Gasteiger partial charge in [0.05, 0.1) is 11.1 Å². The number of para-hydroxylation sites is 1. The zero-order valence-corrected chi connectivity index (χ0v) is 15.3. The molecule has 2 aliphatic rings. The molecule has 2 fully saturated rings. The van der Waals surface area contributed by atoms with Crippen molar-refractivity contribution >= 4 is 21.8 Å². The Bertz CT molecular complexity index is 552. The molecule has 2 atom stereocenters. The van der Waals surface area contributed by atoms with Gasteiger partial charge in [-0.05, 0) is 66.8 Å². The van der Waals surface area contributed by atoms with Gasteiger partial charge in [-0.15, -0.1) is 0 Å². The van der Waals surface area contributed by atoms with E-state index in [1.54, 1.807) is 0 Å². The molecule has 4 nitrogen and oxygen atoms in total. The topological polar surface area (TPSA) is 32.8 Å². The molecule has 1 aromatic carbocycles. The lowest BCUT2D eigenvalue weighted by molar-refractivity contribution is -0.133. The molecule has 1 amide bonds. The molecule has 2 saturated heterocycles. The molecule has 23 heavy (non-hydrogen) atoms. The second-order valence-corrected chi connectivity index (χ2v) is 7.49. The Labute approximate surface area is 146 Å². The van der Waals surface area contributed by atoms with Crippen LogP contribution in [0.15, 0.2) is 28.7 Å². The number of nitrogens with zero attached hydrogens (tertiary/aromatic N) is 2. The fraction of sp³-hybridized carbons (Fsp3) is 0.611. The second-order valence-electron chi connectivity index (χ2n) is 6.64. The highest BCUT2D eigenvalue weighted by atomic mass is 79.9. The number of likely N-dealkylation sites (N-methyl/N-ethyl adjacent to an activating group) is 1. The molecule has 0 unspecified atom stereocenters. The molecule has 0 bridgehead atoms. The van der Waals surface area contributed by atoms with E-state index in [0.29, 0.717) is 30.9 Å². The number of benzene rings is 1. The number of hydrogen-bond donors (Lipinski definition) is 0. The van der Waals surface area contributed by atoms with Gasteiger partial charge in [0.1, 0.15) is 5.75 Å². The van der Waals surface area contributed by atoms with Crippen molar-refractivity contribution in [3.8, 4) is 5.75 Å². The van der Waals surface area contributed by atoms with E-state index in [1.165, 1.54) is 19.4 Å². The normalized spacial score (nSPS) is 24.5. The van der Waals surface area contributed by atoms with Crippen molar-refractivity contribution in [2.75, 3.05) is 33.3 Å². The molecule has 0 radical (unpaired) electrons. The smallest absolute Gasteiger partial charge is 0.222 e. The van der Waals surface area contributed by atoms with Crippen LogP contribution in [0.3, 0.4) is 0 Å². The minimum atomic E-state index is 0.295. The zero-order chi connectivity index (χ0) is 16.2. The number of carbonyl (C=O) groups excluding carboxylic acids is 1. The number of fused-ring (bicyclic) bond motifs is 1. The third-order valence-corrected chi connectivity index (χ3v) is 5.67. The van der Waals surface area contributed by atoms with E-state index in [4.69, 9.17) is 4.74 Å². The van der Waals surface area contributed by atoms with Crippen molar-refractivity contribution in [2.45, 2.75) is 31.7 Å². The third kappa shape index (κ3) is 4.07. The predicted molar refractivity (Wildman–Crippen MR) is 94.6 cm³/mol. The summed E-state index contributed by atoms with van der Waals surface area (Å²) >= 11 is 3.47. The quantitative estimate of drug-likeness (QED) is 0.735. The van der Waals surface area contributed by atoms with Crippen molar-refractivity contribution in [1.29, 1.82) is 0 Å². The van der Waals surface area contributed by atoms with E-state index in [2.05, 4.69) is 32.8 Å². The van der Waals surface area contributed by atoms with Crippen molar-refractivity contribution in [3.63, 3.8) is 0 Å². The van der Waals surface area contributed by atoms with E-state index in [0.717, 1.165) is 29.7 Å². The van der Waals surface area contributed by atoms with Crippen LogP contribution in [0.25, 0.3) is 0 Å². The molecular formula is C18H25BrN2O2. The number of ether oxygens (including phenoxy) is 1. The fourth-order valence-corrected chi connectivity index (χ4v) is 4.12. The predicted octanol–water partition coefficient (Wildman–Crippen LogP) is 3.16. The van der Waals surface area contributed by atoms with Gasteiger partial charge in [-0.3, -0.25) is 4.79 Å². The summed E-state index contributed by atoms with van der Waals surface area (Å²) in [6, 6.07) is 8.25. The third-order valence-electron chi connectivity index (χ3n) is 5.02. The van der Waals surface area contributed by atoms with Gasteiger partial charge in [-0.1, -0.05) is 12.1 Å². The Morgan fingerprint density at radius 3 is 2.91 bits per heavy atom. The number of carbonyl (C=O) groups is 1. The first-order valence-corrected chi connectivity index (χ1v) is 9.30. The number of amides is 1. The average molecular weight is 381 g/mol. The number of piperidine rings is 1. The molecular weight excluding hydrogens is 356 g/mol. The number of likely N-dealkylation sites (tertiary alicyclic amines) is 2. The molecule has 0 aliphatic carbocycles. The van der Waals surface area contributed by atoms with Gasteiger partial charge in [-0.2, -0.15) is 0 Å². The molecule has 5 heteroatoms. The largest absolute Gasteiger partial charge is 0.492 e. The fourth-order valence-electron chi connectivity index (χ4n) is 3.72. The highest BCUT2D eigenvalue weighted by molar-refractivity contribution is 9.10. The summed E-state index contributed by atoms with van der Waals surface area (Å²) in [4.78, 5) is 17.0. The number of halogens is 1. The Morgan fingerprint density at radius 1 is 1.30 bits per heavy atom. The van der Waals surface area contributed by atoms with Crippen LogP contribution in [0.5, 0.6) is 5.75 Å². The van der Waals surface area contributed by atoms with E-state index >= 15 is 0 Å². The SMILES string of the molecule is CN1CC[C@@H]2CCN(C(=O)CCCOc3ccccc3Br)[C@@H]2C1. The summed E-state index contributed by atoms with van der Waals surface area (Å²) in [5.74, 6) is 1.85. The molecule has 0 saturated carbocycles. The lowest BCUT2D eigenvalue weighted by Gasteiger charge is -2.36. The van der Waals surface area contributed by atoms with Gasteiger partial charge >= 0.3 is 0 Å². The average Bonchev–Trinajstić information content (AvgIpc) is 2.96. The lowest BCUT2D eigenvalue weighted by atomic mass is 9.92. The van der Waals surface area contributed by atoms with Crippen molar-refractivity contribution in [3.05, 3.63) is 28.7 Å². The standard InChI is InChI=1S/C18H25BrN2O2/c1-20-10-8-14-9-11-21(16(14)13-20)18(22)7-4-12-23-17-6-3-2-5-15(17)19/h2-3,5-6,14,16H,4,7-13H2,1H3/t14-,16-/m1/s1. The Kier molecular flexibility index (Phi) is 5.59. The minimum absolute atomic E-state index is 0.295. The first-order chi connectivity index (χ1) is 11.1. The van der Waals surface area contributed by atoms with E-state index in [9.17, 15) is 4.79 Å². The second kappa shape index (κ2) is 7.67. The molecule has 3 rings (SSSR count). The molecule has 1 aromatic rings. The summed E-state index contributed by atoms with van der Waals surface area (Å²) in [6.45, 7) is 3.72.